The van der Waals surface area contributed by atoms with Gasteiger partial charge in [-0.1, -0.05) is 38.0 Å². The molecule has 0 saturated heterocycles. The maximum atomic E-state index is 12.4. The molecule has 0 saturated carbocycles. The monoisotopic (exact) mass is 331 g/mol. The first-order valence-electron chi connectivity index (χ1n) is 7.79. The molecular formula is C17H21N3O4. The van der Waals surface area contributed by atoms with Crippen LogP contribution in [0.4, 0.5) is 0 Å². The lowest BCUT2D eigenvalue weighted by Crippen LogP contribution is -2.41. The Morgan fingerprint density at radius 2 is 2.04 bits per heavy atom. The van der Waals surface area contributed by atoms with Gasteiger partial charge in [0.2, 0.25) is 0 Å². The number of aliphatic carboxylic acids is 1. The van der Waals surface area contributed by atoms with E-state index in [0.29, 0.717) is 12.8 Å². The minimum absolute atomic E-state index is 0.0594. The summed E-state index contributed by atoms with van der Waals surface area (Å²) in [6.07, 6.45) is 3.53. The van der Waals surface area contributed by atoms with E-state index in [0.717, 1.165) is 12.1 Å². The van der Waals surface area contributed by atoms with Crippen molar-refractivity contribution in [2.45, 2.75) is 32.2 Å². The van der Waals surface area contributed by atoms with E-state index < -0.39 is 17.9 Å². The number of hydrogen-bond donors (Lipinski definition) is 2. The normalized spacial score (nSPS) is 11.8. The molecule has 0 fully saturated rings. The second-order valence-corrected chi connectivity index (χ2v) is 5.33. The summed E-state index contributed by atoms with van der Waals surface area (Å²) in [6, 6.07) is 8.33. The van der Waals surface area contributed by atoms with E-state index in [1.54, 1.807) is 6.20 Å². The van der Waals surface area contributed by atoms with Crippen LogP contribution in [0.25, 0.3) is 5.69 Å². The molecule has 7 nitrogen and oxygen atoms in total. The van der Waals surface area contributed by atoms with Gasteiger partial charge in [-0.25, -0.2) is 9.48 Å². The molecule has 24 heavy (non-hydrogen) atoms. The van der Waals surface area contributed by atoms with Crippen LogP contribution in [0.5, 0.6) is 5.75 Å². The van der Waals surface area contributed by atoms with Gasteiger partial charge in [-0.2, -0.15) is 5.10 Å². The molecule has 1 atom stereocenters. The first-order valence-corrected chi connectivity index (χ1v) is 7.79. The van der Waals surface area contributed by atoms with Gasteiger partial charge in [0.05, 0.1) is 19.0 Å². The number of hydrogen-bond acceptors (Lipinski definition) is 4. The molecule has 1 aromatic heterocycles. The maximum absolute atomic E-state index is 12.4. The van der Waals surface area contributed by atoms with Crippen LogP contribution in [-0.2, 0) is 4.79 Å². The molecular weight excluding hydrogens is 310 g/mol. The molecule has 0 aliphatic rings. The average molecular weight is 331 g/mol. The fourth-order valence-electron chi connectivity index (χ4n) is 2.27. The summed E-state index contributed by atoms with van der Waals surface area (Å²) >= 11 is 0. The Balaban J connectivity index is 2.22. The number of carboxylic acids is 1. The zero-order chi connectivity index (χ0) is 17.5. The molecule has 0 aliphatic heterocycles. The minimum Gasteiger partial charge on any atom is -0.493 e. The Labute approximate surface area is 140 Å². The summed E-state index contributed by atoms with van der Waals surface area (Å²) in [7, 11) is 1.44. The number of carbonyl (C=O) groups is 2. The number of carbonyl (C=O) groups excluding carboxylic acids is 1. The van der Waals surface area contributed by atoms with Crippen LogP contribution in [0.1, 0.15) is 36.7 Å². The fourth-order valence-corrected chi connectivity index (χ4v) is 2.27. The molecule has 0 aliphatic carbocycles. The van der Waals surface area contributed by atoms with Crippen molar-refractivity contribution in [3.05, 3.63) is 42.2 Å². The van der Waals surface area contributed by atoms with Crippen LogP contribution in [0.3, 0.4) is 0 Å². The molecule has 2 rings (SSSR count). The molecule has 0 bridgehead atoms. The summed E-state index contributed by atoms with van der Waals surface area (Å²) in [5.74, 6) is -1.33. The number of nitrogens with one attached hydrogen (secondary N) is 1. The van der Waals surface area contributed by atoms with E-state index in [-0.39, 0.29) is 11.4 Å². The van der Waals surface area contributed by atoms with Crippen molar-refractivity contribution in [3.63, 3.8) is 0 Å². The van der Waals surface area contributed by atoms with Crippen molar-refractivity contribution in [1.82, 2.24) is 15.1 Å². The second kappa shape index (κ2) is 8.14. The minimum atomic E-state index is -1.06. The SMILES string of the molecule is CCCC[C@H](NC(=O)c1nn(-c2ccccc2)cc1OC)C(=O)O. The van der Waals surface area contributed by atoms with Crippen molar-refractivity contribution in [2.24, 2.45) is 0 Å². The van der Waals surface area contributed by atoms with Crippen LogP contribution < -0.4 is 10.1 Å². The Morgan fingerprint density at radius 1 is 1.33 bits per heavy atom. The molecule has 1 heterocycles. The highest BCUT2D eigenvalue weighted by Gasteiger charge is 2.24. The van der Waals surface area contributed by atoms with Crippen LogP contribution in [0.15, 0.2) is 36.5 Å². The topological polar surface area (TPSA) is 93.5 Å². The summed E-state index contributed by atoms with van der Waals surface area (Å²) in [5.41, 5.74) is 0.833. The predicted molar refractivity (Wildman–Crippen MR) is 88.5 cm³/mol. The van der Waals surface area contributed by atoms with E-state index in [4.69, 9.17) is 4.74 Å². The lowest BCUT2D eigenvalue weighted by molar-refractivity contribution is -0.139. The van der Waals surface area contributed by atoms with Crippen molar-refractivity contribution in [1.29, 1.82) is 0 Å². The molecule has 2 N–H and O–H groups in total. The van der Waals surface area contributed by atoms with Gasteiger partial charge in [-0.05, 0) is 18.6 Å². The first kappa shape index (κ1) is 17.5. The highest BCUT2D eigenvalue weighted by molar-refractivity contribution is 5.97. The van der Waals surface area contributed by atoms with E-state index in [2.05, 4.69) is 10.4 Å². The highest BCUT2D eigenvalue weighted by atomic mass is 16.5. The molecule has 0 unspecified atom stereocenters. The van der Waals surface area contributed by atoms with Gasteiger partial charge in [-0.15, -0.1) is 0 Å². The number of unbranched alkanes of at least 4 members (excludes halogenated alkanes) is 1. The van der Waals surface area contributed by atoms with Crippen LogP contribution in [0.2, 0.25) is 0 Å². The first-order chi connectivity index (χ1) is 11.6. The zero-order valence-electron chi connectivity index (χ0n) is 13.7. The van der Waals surface area contributed by atoms with Crippen molar-refractivity contribution >= 4 is 11.9 Å². The van der Waals surface area contributed by atoms with E-state index in [1.807, 2.05) is 37.3 Å². The molecule has 2 aromatic rings. The lowest BCUT2D eigenvalue weighted by Gasteiger charge is -2.13. The Hall–Kier alpha value is -2.83. The third kappa shape index (κ3) is 4.13. The lowest BCUT2D eigenvalue weighted by atomic mass is 10.1. The van der Waals surface area contributed by atoms with Crippen molar-refractivity contribution in [3.8, 4) is 11.4 Å². The second-order valence-electron chi connectivity index (χ2n) is 5.33. The molecule has 0 spiro atoms. The maximum Gasteiger partial charge on any atom is 0.326 e. The summed E-state index contributed by atoms with van der Waals surface area (Å²) in [4.78, 5) is 23.7. The molecule has 128 valence electrons. The summed E-state index contributed by atoms with van der Waals surface area (Å²) < 4.78 is 6.72. The molecule has 0 radical (unpaired) electrons. The van der Waals surface area contributed by atoms with Crippen molar-refractivity contribution < 1.29 is 19.4 Å². The van der Waals surface area contributed by atoms with Gasteiger partial charge in [0.15, 0.2) is 11.4 Å². The quantitative estimate of drug-likeness (QED) is 0.774. The number of ether oxygens (including phenoxy) is 1. The number of rotatable bonds is 8. The van der Waals surface area contributed by atoms with Gasteiger partial charge in [0.25, 0.3) is 5.91 Å². The van der Waals surface area contributed by atoms with Crippen LogP contribution >= 0.6 is 0 Å². The van der Waals surface area contributed by atoms with E-state index in [9.17, 15) is 14.7 Å². The van der Waals surface area contributed by atoms with Crippen LogP contribution in [-0.4, -0.2) is 39.9 Å². The van der Waals surface area contributed by atoms with Crippen LogP contribution in [0, 0.1) is 0 Å². The third-order valence-corrected chi connectivity index (χ3v) is 3.59. The largest absolute Gasteiger partial charge is 0.493 e. The standard InChI is InChI=1S/C17H21N3O4/c1-3-4-10-13(17(22)23)18-16(21)15-14(24-2)11-20(19-15)12-8-6-5-7-9-12/h5-9,11,13H,3-4,10H2,1-2H3,(H,18,21)(H,22,23)/t13-/m0/s1. The Kier molecular flexibility index (Phi) is 5.95. The number of methoxy groups -OCH3 is 1. The highest BCUT2D eigenvalue weighted by Crippen LogP contribution is 2.19. The Bertz CT molecular complexity index is 697. The molecule has 1 aromatic carbocycles. The van der Waals surface area contributed by atoms with Gasteiger partial charge >= 0.3 is 5.97 Å². The van der Waals surface area contributed by atoms with E-state index >= 15 is 0 Å². The van der Waals surface area contributed by atoms with Gasteiger partial charge in [0.1, 0.15) is 6.04 Å². The third-order valence-electron chi connectivity index (χ3n) is 3.59. The summed E-state index contributed by atoms with van der Waals surface area (Å²) in [6.45, 7) is 1.96. The van der Waals surface area contributed by atoms with Gasteiger partial charge in [-0.3, -0.25) is 4.79 Å². The van der Waals surface area contributed by atoms with Gasteiger partial charge in [0, 0.05) is 0 Å². The Morgan fingerprint density at radius 3 is 2.62 bits per heavy atom. The average Bonchev–Trinajstić information content (AvgIpc) is 3.03. The van der Waals surface area contributed by atoms with E-state index in [1.165, 1.54) is 11.8 Å². The smallest absolute Gasteiger partial charge is 0.326 e. The van der Waals surface area contributed by atoms with Crippen molar-refractivity contribution in [2.75, 3.05) is 7.11 Å². The zero-order valence-corrected chi connectivity index (χ0v) is 13.7. The number of carboxylic acid groups (broad SMARTS) is 1. The molecule has 1 amide bonds. The number of aromatic nitrogens is 2. The number of para-hydroxylation sites is 1. The molecule has 7 heteroatoms. The predicted octanol–water partition coefficient (Wildman–Crippen LogP) is 2.25. The number of amides is 1. The van der Waals surface area contributed by atoms with Gasteiger partial charge < -0.3 is 15.2 Å². The summed E-state index contributed by atoms with van der Waals surface area (Å²) in [5, 5.41) is 16.0. The fraction of sp³-hybridized carbons (Fsp3) is 0.353. The number of nitrogens with zero attached hydrogens (tertiary/aromatic N) is 2. The number of benzene rings is 1.